The normalized spacial score (nSPS) is 23.3. The molecule has 5 N–H and O–H groups in total. The van der Waals surface area contributed by atoms with E-state index in [0.29, 0.717) is 5.56 Å². The molecule has 0 amide bonds. The van der Waals surface area contributed by atoms with E-state index in [1.807, 2.05) is 0 Å². The number of rotatable bonds is 6. The van der Waals surface area contributed by atoms with Gasteiger partial charge in [0.25, 0.3) is 0 Å². The highest BCUT2D eigenvalue weighted by Crippen LogP contribution is 2.17. The number of carbonyl (C=O) groups is 2. The van der Waals surface area contributed by atoms with Crippen molar-refractivity contribution in [3.05, 3.63) is 29.8 Å². The summed E-state index contributed by atoms with van der Waals surface area (Å²) in [6.45, 7) is 0.0519. The highest BCUT2D eigenvalue weighted by Gasteiger charge is 2.38. The van der Waals surface area contributed by atoms with Crippen LogP contribution < -0.4 is 5.43 Å². The SMILES string of the molecule is O=C(O)[C@H](Cc1ccc(O)cc1)NN1C[C@H](O)C[C@H]1C(=O)O. The first-order valence-electron chi connectivity index (χ1n) is 6.81. The second-order valence-corrected chi connectivity index (χ2v) is 5.29. The van der Waals surface area contributed by atoms with Gasteiger partial charge in [-0.15, -0.1) is 0 Å². The number of aromatic hydroxyl groups is 1. The molecular formula is C14H18N2O6. The molecule has 0 saturated carbocycles. The van der Waals surface area contributed by atoms with E-state index >= 15 is 0 Å². The predicted octanol–water partition coefficient (Wildman–Crippen LogP) is -0.588. The highest BCUT2D eigenvalue weighted by atomic mass is 16.4. The van der Waals surface area contributed by atoms with E-state index in [1.165, 1.54) is 17.1 Å². The van der Waals surface area contributed by atoms with Gasteiger partial charge in [0.15, 0.2) is 0 Å². The van der Waals surface area contributed by atoms with Gasteiger partial charge in [-0.1, -0.05) is 12.1 Å². The molecule has 1 aliphatic rings. The third-order valence-electron chi connectivity index (χ3n) is 3.56. The van der Waals surface area contributed by atoms with E-state index in [1.54, 1.807) is 12.1 Å². The second kappa shape index (κ2) is 6.73. The Hall–Kier alpha value is -2.16. The number of benzene rings is 1. The summed E-state index contributed by atoms with van der Waals surface area (Å²) in [4.78, 5) is 22.5. The zero-order valence-electron chi connectivity index (χ0n) is 11.7. The smallest absolute Gasteiger partial charge is 0.322 e. The number of aliphatic carboxylic acids is 2. The molecule has 8 nitrogen and oxygen atoms in total. The average molecular weight is 310 g/mol. The molecule has 1 heterocycles. The zero-order chi connectivity index (χ0) is 16.3. The van der Waals surface area contributed by atoms with Crippen molar-refractivity contribution in [1.29, 1.82) is 0 Å². The number of aliphatic hydroxyl groups is 1. The Morgan fingerprint density at radius 3 is 2.45 bits per heavy atom. The van der Waals surface area contributed by atoms with E-state index in [0.717, 1.165) is 0 Å². The van der Waals surface area contributed by atoms with Crippen LogP contribution in [0.4, 0.5) is 0 Å². The van der Waals surface area contributed by atoms with Crippen molar-refractivity contribution >= 4 is 11.9 Å². The van der Waals surface area contributed by atoms with Crippen LogP contribution in [0.25, 0.3) is 0 Å². The summed E-state index contributed by atoms with van der Waals surface area (Å²) in [5, 5.41) is 38.4. The lowest BCUT2D eigenvalue weighted by Gasteiger charge is -2.26. The molecule has 1 saturated heterocycles. The number of hydrogen-bond donors (Lipinski definition) is 5. The number of nitrogens with one attached hydrogen (secondary N) is 1. The highest BCUT2D eigenvalue weighted by molar-refractivity contribution is 5.75. The Balaban J connectivity index is 2.06. The number of carboxylic acids is 2. The van der Waals surface area contributed by atoms with Gasteiger partial charge in [-0.3, -0.25) is 9.59 Å². The van der Waals surface area contributed by atoms with Gasteiger partial charge < -0.3 is 20.4 Å². The molecule has 0 unspecified atom stereocenters. The lowest BCUT2D eigenvalue weighted by atomic mass is 10.1. The van der Waals surface area contributed by atoms with Crippen molar-refractivity contribution in [3.8, 4) is 5.75 Å². The number of nitrogens with zero attached hydrogens (tertiary/aromatic N) is 1. The van der Waals surface area contributed by atoms with Crippen LogP contribution in [0.15, 0.2) is 24.3 Å². The summed E-state index contributed by atoms with van der Waals surface area (Å²) >= 11 is 0. The van der Waals surface area contributed by atoms with Crippen LogP contribution in [0.1, 0.15) is 12.0 Å². The minimum absolute atomic E-state index is 0.0495. The molecule has 1 aromatic carbocycles. The van der Waals surface area contributed by atoms with E-state index in [2.05, 4.69) is 5.43 Å². The fourth-order valence-corrected chi connectivity index (χ4v) is 2.45. The van der Waals surface area contributed by atoms with Crippen molar-refractivity contribution in [3.63, 3.8) is 0 Å². The Labute approximate surface area is 126 Å². The van der Waals surface area contributed by atoms with Gasteiger partial charge in [0.1, 0.15) is 17.8 Å². The van der Waals surface area contributed by atoms with Gasteiger partial charge in [0, 0.05) is 13.0 Å². The van der Waals surface area contributed by atoms with E-state index in [-0.39, 0.29) is 25.1 Å². The Kier molecular flexibility index (Phi) is 4.96. The monoisotopic (exact) mass is 310 g/mol. The maximum absolute atomic E-state index is 11.4. The number of hydrogen-bond acceptors (Lipinski definition) is 6. The molecule has 8 heteroatoms. The molecule has 3 atom stereocenters. The summed E-state index contributed by atoms with van der Waals surface area (Å²) < 4.78 is 0. The minimum atomic E-state index is -1.13. The zero-order valence-corrected chi connectivity index (χ0v) is 11.7. The van der Waals surface area contributed by atoms with E-state index < -0.39 is 30.1 Å². The first kappa shape index (κ1) is 16.2. The van der Waals surface area contributed by atoms with Gasteiger partial charge in [0.2, 0.25) is 0 Å². The standard InChI is InChI=1S/C14H18N2O6/c17-9-3-1-8(2-4-9)5-11(13(19)20)15-16-7-10(18)6-12(16)14(21)22/h1-4,10-12,15,17-18H,5-7H2,(H,19,20)(H,21,22)/t10-,11+,12+/m1/s1. The van der Waals surface area contributed by atoms with Crippen LogP contribution in [0.2, 0.25) is 0 Å². The first-order chi connectivity index (χ1) is 10.4. The molecule has 2 rings (SSSR count). The minimum Gasteiger partial charge on any atom is -0.508 e. The van der Waals surface area contributed by atoms with Gasteiger partial charge in [-0.05, 0) is 24.1 Å². The van der Waals surface area contributed by atoms with Gasteiger partial charge >= 0.3 is 11.9 Å². The largest absolute Gasteiger partial charge is 0.508 e. The number of phenols is 1. The van der Waals surface area contributed by atoms with Crippen LogP contribution in [-0.4, -0.2) is 62.1 Å². The number of carboxylic acid groups (broad SMARTS) is 2. The maximum Gasteiger partial charge on any atom is 0.322 e. The van der Waals surface area contributed by atoms with Crippen molar-refractivity contribution in [1.82, 2.24) is 10.4 Å². The molecule has 120 valence electrons. The lowest BCUT2D eigenvalue weighted by molar-refractivity contribution is -0.147. The fraction of sp³-hybridized carbons (Fsp3) is 0.429. The number of β-amino-alcohol motifs (C(OH)–C–C–N with tert-alkyl or cyclic N) is 1. The van der Waals surface area contributed by atoms with E-state index in [9.17, 15) is 24.9 Å². The molecule has 0 aromatic heterocycles. The molecule has 1 aromatic rings. The molecule has 0 aliphatic carbocycles. The third kappa shape index (κ3) is 3.94. The Morgan fingerprint density at radius 1 is 1.27 bits per heavy atom. The quantitative estimate of drug-likeness (QED) is 0.471. The number of phenolic OH excluding ortho intramolecular Hbond substituents is 1. The number of aliphatic hydroxyl groups excluding tert-OH is 1. The van der Waals surface area contributed by atoms with Crippen molar-refractivity contribution in [2.45, 2.75) is 31.0 Å². The summed E-state index contributed by atoms with van der Waals surface area (Å²) in [7, 11) is 0. The predicted molar refractivity (Wildman–Crippen MR) is 75.1 cm³/mol. The number of hydrazine groups is 1. The van der Waals surface area contributed by atoms with Crippen LogP contribution in [0.5, 0.6) is 5.75 Å². The van der Waals surface area contributed by atoms with Crippen LogP contribution in [0, 0.1) is 0 Å². The van der Waals surface area contributed by atoms with Gasteiger partial charge in [-0.25, -0.2) is 10.4 Å². The third-order valence-corrected chi connectivity index (χ3v) is 3.56. The van der Waals surface area contributed by atoms with Crippen LogP contribution in [0.3, 0.4) is 0 Å². The maximum atomic E-state index is 11.4. The Bertz CT molecular complexity index is 547. The van der Waals surface area contributed by atoms with Crippen molar-refractivity contribution in [2.24, 2.45) is 0 Å². The molecule has 22 heavy (non-hydrogen) atoms. The molecular weight excluding hydrogens is 292 g/mol. The summed E-state index contributed by atoms with van der Waals surface area (Å²) in [5.41, 5.74) is 3.36. The Morgan fingerprint density at radius 2 is 1.91 bits per heavy atom. The average Bonchev–Trinajstić information content (AvgIpc) is 2.81. The summed E-state index contributed by atoms with van der Waals surface area (Å²) in [5.74, 6) is -2.16. The molecule has 0 spiro atoms. The van der Waals surface area contributed by atoms with Gasteiger partial charge in [-0.2, -0.15) is 0 Å². The second-order valence-electron chi connectivity index (χ2n) is 5.29. The van der Waals surface area contributed by atoms with E-state index in [4.69, 9.17) is 5.11 Å². The van der Waals surface area contributed by atoms with Crippen LogP contribution >= 0.6 is 0 Å². The lowest BCUT2D eigenvalue weighted by Crippen LogP contribution is -2.53. The van der Waals surface area contributed by atoms with Crippen LogP contribution in [-0.2, 0) is 16.0 Å². The molecule has 0 radical (unpaired) electrons. The fourth-order valence-electron chi connectivity index (χ4n) is 2.45. The first-order valence-corrected chi connectivity index (χ1v) is 6.81. The summed E-state index contributed by atoms with van der Waals surface area (Å²) in [6, 6.07) is 4.11. The summed E-state index contributed by atoms with van der Waals surface area (Å²) in [6.07, 6.45) is -0.640. The van der Waals surface area contributed by atoms with Crippen molar-refractivity contribution in [2.75, 3.05) is 6.54 Å². The molecule has 1 fully saturated rings. The topological polar surface area (TPSA) is 130 Å². The molecule has 0 bridgehead atoms. The molecule has 1 aliphatic heterocycles. The van der Waals surface area contributed by atoms with Crippen molar-refractivity contribution < 1.29 is 30.0 Å². The van der Waals surface area contributed by atoms with Gasteiger partial charge in [0.05, 0.1) is 6.10 Å².